The molecule has 1 atom stereocenters. The van der Waals surface area contributed by atoms with Gasteiger partial charge in [0.1, 0.15) is 5.76 Å². The highest BCUT2D eigenvalue weighted by Crippen LogP contribution is 2.22. The zero-order valence-electron chi connectivity index (χ0n) is 9.75. The second-order valence-corrected chi connectivity index (χ2v) is 3.82. The molecule has 2 aromatic rings. The van der Waals surface area contributed by atoms with Crippen LogP contribution in [0.2, 0.25) is 0 Å². The molecule has 0 fully saturated rings. The largest absolute Gasteiger partial charge is 0.477 e. The summed E-state index contributed by atoms with van der Waals surface area (Å²) in [6.07, 6.45) is 1.57. The first-order valence-electron chi connectivity index (χ1n) is 5.37. The average molecular weight is 247 g/mol. The molecule has 6 heteroatoms. The molecule has 0 bridgehead atoms. The topological polar surface area (TPSA) is 101 Å². The summed E-state index contributed by atoms with van der Waals surface area (Å²) in [6.45, 7) is 1.87. The van der Waals surface area contributed by atoms with Crippen molar-refractivity contribution < 1.29 is 14.3 Å². The van der Waals surface area contributed by atoms with Crippen LogP contribution in [0, 0.1) is 0 Å². The van der Waals surface area contributed by atoms with Crippen molar-refractivity contribution in [3.8, 4) is 0 Å². The van der Waals surface area contributed by atoms with Crippen molar-refractivity contribution >= 4 is 17.5 Å². The fraction of sp³-hybridized carbons (Fsp3) is 0.167. The molecule has 0 aliphatic heterocycles. The number of nitrogen functional groups attached to an aromatic ring is 1. The predicted octanol–water partition coefficient (Wildman–Crippen LogP) is 2.13. The van der Waals surface area contributed by atoms with Crippen LogP contribution in [0.1, 0.15) is 29.2 Å². The van der Waals surface area contributed by atoms with E-state index in [1.165, 1.54) is 12.1 Å². The number of hydrogen-bond acceptors (Lipinski definition) is 5. The average Bonchev–Trinajstić information content (AvgIpc) is 2.85. The Kier molecular flexibility index (Phi) is 3.18. The van der Waals surface area contributed by atoms with Crippen LogP contribution in [-0.2, 0) is 0 Å². The molecular weight excluding hydrogens is 234 g/mol. The maximum atomic E-state index is 10.8. The third-order valence-corrected chi connectivity index (χ3v) is 2.47. The molecule has 0 radical (unpaired) electrons. The Labute approximate surface area is 103 Å². The zero-order valence-corrected chi connectivity index (χ0v) is 9.75. The number of aromatic nitrogens is 1. The number of furan rings is 1. The number of hydrogen-bond donors (Lipinski definition) is 3. The van der Waals surface area contributed by atoms with Gasteiger partial charge < -0.3 is 20.6 Å². The number of carbonyl (C=O) groups is 1. The number of rotatable bonds is 4. The lowest BCUT2D eigenvalue weighted by atomic mass is 10.2. The van der Waals surface area contributed by atoms with Gasteiger partial charge in [0.25, 0.3) is 0 Å². The van der Waals surface area contributed by atoms with Crippen molar-refractivity contribution in [2.75, 3.05) is 11.1 Å². The molecule has 94 valence electrons. The van der Waals surface area contributed by atoms with E-state index in [1.54, 1.807) is 12.3 Å². The Morgan fingerprint density at radius 1 is 1.50 bits per heavy atom. The van der Waals surface area contributed by atoms with E-state index in [0.29, 0.717) is 11.5 Å². The van der Waals surface area contributed by atoms with Crippen LogP contribution in [0.15, 0.2) is 34.9 Å². The number of nitrogens with two attached hydrogens (primary N) is 1. The fourth-order valence-electron chi connectivity index (χ4n) is 1.52. The van der Waals surface area contributed by atoms with Gasteiger partial charge in [-0.15, -0.1) is 0 Å². The van der Waals surface area contributed by atoms with Gasteiger partial charge >= 0.3 is 5.97 Å². The lowest BCUT2D eigenvalue weighted by Gasteiger charge is -2.14. The summed E-state index contributed by atoms with van der Waals surface area (Å²) in [7, 11) is 0. The van der Waals surface area contributed by atoms with E-state index in [4.69, 9.17) is 15.3 Å². The van der Waals surface area contributed by atoms with Crippen LogP contribution < -0.4 is 11.1 Å². The number of aromatic carboxylic acids is 1. The highest BCUT2D eigenvalue weighted by Gasteiger charge is 2.13. The first kappa shape index (κ1) is 12.0. The van der Waals surface area contributed by atoms with Gasteiger partial charge in [0.2, 0.25) is 0 Å². The van der Waals surface area contributed by atoms with Gasteiger partial charge in [-0.05, 0) is 31.2 Å². The summed E-state index contributed by atoms with van der Waals surface area (Å²) in [5.41, 5.74) is 6.07. The van der Waals surface area contributed by atoms with Gasteiger partial charge in [-0.2, -0.15) is 0 Å². The quantitative estimate of drug-likeness (QED) is 0.765. The van der Waals surface area contributed by atoms with Crippen molar-refractivity contribution in [1.82, 2.24) is 4.98 Å². The summed E-state index contributed by atoms with van der Waals surface area (Å²) in [6, 6.07) is 6.31. The summed E-state index contributed by atoms with van der Waals surface area (Å²) in [5, 5.41) is 11.9. The Bertz CT molecular complexity index is 552. The number of anilines is 2. The van der Waals surface area contributed by atoms with Gasteiger partial charge in [0.15, 0.2) is 11.5 Å². The zero-order chi connectivity index (χ0) is 13.1. The van der Waals surface area contributed by atoms with Crippen molar-refractivity contribution in [2.45, 2.75) is 13.0 Å². The summed E-state index contributed by atoms with van der Waals surface area (Å²) >= 11 is 0. The van der Waals surface area contributed by atoms with Crippen molar-refractivity contribution in [2.24, 2.45) is 0 Å². The predicted molar refractivity (Wildman–Crippen MR) is 66.4 cm³/mol. The van der Waals surface area contributed by atoms with Gasteiger partial charge in [-0.1, -0.05) is 0 Å². The first-order chi connectivity index (χ1) is 8.58. The highest BCUT2D eigenvalue weighted by atomic mass is 16.4. The Hall–Kier alpha value is -2.50. The second-order valence-electron chi connectivity index (χ2n) is 3.82. The third-order valence-electron chi connectivity index (χ3n) is 2.47. The van der Waals surface area contributed by atoms with Crippen LogP contribution >= 0.6 is 0 Å². The van der Waals surface area contributed by atoms with Crippen LogP contribution in [0.25, 0.3) is 0 Å². The Balaban J connectivity index is 2.23. The smallest absolute Gasteiger partial charge is 0.354 e. The fourth-order valence-corrected chi connectivity index (χ4v) is 1.52. The minimum atomic E-state index is -1.09. The van der Waals surface area contributed by atoms with E-state index < -0.39 is 5.97 Å². The molecule has 6 nitrogen and oxygen atoms in total. The number of carboxylic acids is 1. The molecule has 1 unspecified atom stereocenters. The summed E-state index contributed by atoms with van der Waals surface area (Å²) in [5.74, 6) is -0.0422. The summed E-state index contributed by atoms with van der Waals surface area (Å²) < 4.78 is 5.24. The third kappa shape index (κ3) is 2.42. The maximum absolute atomic E-state index is 10.8. The van der Waals surface area contributed by atoms with Gasteiger partial charge in [-0.25, -0.2) is 9.78 Å². The maximum Gasteiger partial charge on any atom is 0.354 e. The molecule has 0 saturated carbocycles. The highest BCUT2D eigenvalue weighted by molar-refractivity contribution is 5.86. The van der Waals surface area contributed by atoms with Crippen molar-refractivity contribution in [1.29, 1.82) is 0 Å². The van der Waals surface area contributed by atoms with E-state index in [1.807, 2.05) is 13.0 Å². The number of pyridine rings is 1. The number of nitrogens with zero attached hydrogens (tertiary/aromatic N) is 1. The molecule has 0 aromatic carbocycles. The van der Waals surface area contributed by atoms with Crippen molar-refractivity contribution in [3.63, 3.8) is 0 Å². The molecule has 18 heavy (non-hydrogen) atoms. The molecule has 0 amide bonds. The van der Waals surface area contributed by atoms with Crippen LogP contribution in [-0.4, -0.2) is 16.1 Å². The van der Waals surface area contributed by atoms with E-state index >= 15 is 0 Å². The first-order valence-corrected chi connectivity index (χ1v) is 5.37. The molecule has 0 saturated heterocycles. The van der Waals surface area contributed by atoms with Crippen LogP contribution in [0.4, 0.5) is 11.5 Å². The van der Waals surface area contributed by atoms with Crippen LogP contribution in [0.5, 0.6) is 0 Å². The van der Waals surface area contributed by atoms with Crippen LogP contribution in [0.3, 0.4) is 0 Å². The van der Waals surface area contributed by atoms with E-state index in [9.17, 15) is 4.79 Å². The number of carboxylic acid groups (broad SMARTS) is 1. The molecule has 4 N–H and O–H groups in total. The molecule has 0 aliphatic carbocycles. The number of nitrogens with one attached hydrogen (secondary N) is 1. The van der Waals surface area contributed by atoms with Crippen molar-refractivity contribution in [3.05, 3.63) is 42.0 Å². The van der Waals surface area contributed by atoms with Gasteiger partial charge in [0.05, 0.1) is 18.0 Å². The Morgan fingerprint density at radius 2 is 2.28 bits per heavy atom. The van der Waals surface area contributed by atoms with E-state index in [2.05, 4.69) is 10.3 Å². The van der Waals surface area contributed by atoms with E-state index in [-0.39, 0.29) is 11.7 Å². The summed E-state index contributed by atoms with van der Waals surface area (Å²) in [4.78, 5) is 14.8. The van der Waals surface area contributed by atoms with Gasteiger partial charge in [-0.3, -0.25) is 0 Å². The minimum Gasteiger partial charge on any atom is -0.477 e. The Morgan fingerprint density at radius 3 is 2.89 bits per heavy atom. The SMILES string of the molecule is CC(Nc1nc(C(=O)O)ccc1N)c1ccco1. The standard InChI is InChI=1S/C12H13N3O3/c1-7(10-3-2-6-18-10)14-11-8(13)4-5-9(15-11)12(16)17/h2-7H,13H2,1H3,(H,14,15)(H,16,17). The minimum absolute atomic E-state index is 0.0571. The normalized spacial score (nSPS) is 12.1. The molecule has 2 rings (SSSR count). The van der Waals surface area contributed by atoms with Gasteiger partial charge in [0, 0.05) is 0 Å². The molecule has 2 heterocycles. The molecule has 2 aromatic heterocycles. The monoisotopic (exact) mass is 247 g/mol. The molecule has 0 spiro atoms. The lowest BCUT2D eigenvalue weighted by Crippen LogP contribution is -2.11. The molecule has 0 aliphatic rings. The molecular formula is C12H13N3O3. The second kappa shape index (κ2) is 4.79. The lowest BCUT2D eigenvalue weighted by molar-refractivity contribution is 0.0690. The van der Waals surface area contributed by atoms with E-state index in [0.717, 1.165) is 5.76 Å².